The highest BCUT2D eigenvalue weighted by molar-refractivity contribution is 5.86. The summed E-state index contributed by atoms with van der Waals surface area (Å²) in [4.78, 5) is 14.5. The van der Waals surface area contributed by atoms with Crippen molar-refractivity contribution in [2.45, 2.75) is 6.42 Å². The zero-order chi connectivity index (χ0) is 30.5. The van der Waals surface area contributed by atoms with Gasteiger partial charge in [-0.25, -0.2) is 9.97 Å². The number of hydrogen-bond acceptors (Lipinski definition) is 9. The number of piperidine rings is 1. The molecule has 11 heteroatoms. The zero-order valence-electron chi connectivity index (χ0n) is 25.4. The lowest BCUT2D eigenvalue weighted by Crippen LogP contribution is -2.47. The molecule has 3 aliphatic heterocycles. The molecular weight excluding hydrogens is 580 g/mol. The third-order valence-electron chi connectivity index (χ3n) is 9.36. The molecule has 4 aromatic heterocycles. The predicted octanol–water partition coefficient (Wildman–Crippen LogP) is 5.79. The summed E-state index contributed by atoms with van der Waals surface area (Å²) in [6.45, 7) is 6.76. The van der Waals surface area contributed by atoms with Gasteiger partial charge in [0, 0.05) is 60.5 Å². The van der Waals surface area contributed by atoms with Crippen LogP contribution in [0.1, 0.15) is 6.42 Å². The van der Waals surface area contributed by atoms with E-state index in [1.165, 1.54) is 6.42 Å². The molecule has 2 unspecified atom stereocenters. The highest BCUT2D eigenvalue weighted by Gasteiger charge is 2.31. The number of aromatic amines is 2. The number of benzene rings is 2. The van der Waals surface area contributed by atoms with Crippen molar-refractivity contribution in [2.24, 2.45) is 11.8 Å². The van der Waals surface area contributed by atoms with Crippen LogP contribution in [0.2, 0.25) is 0 Å². The quantitative estimate of drug-likeness (QED) is 0.205. The van der Waals surface area contributed by atoms with Gasteiger partial charge in [-0.05, 0) is 65.8 Å². The highest BCUT2D eigenvalue weighted by atomic mass is 16.5. The first-order chi connectivity index (χ1) is 22.7. The molecule has 0 spiro atoms. The predicted molar refractivity (Wildman–Crippen MR) is 175 cm³/mol. The van der Waals surface area contributed by atoms with E-state index < -0.39 is 0 Å². The van der Waals surface area contributed by atoms with Crippen LogP contribution >= 0.6 is 0 Å². The maximum absolute atomic E-state index is 6.56. The summed E-state index contributed by atoms with van der Waals surface area (Å²) in [6, 6.07) is 16.5. The topological polar surface area (TPSA) is 117 Å². The lowest BCUT2D eigenvalue weighted by Gasteiger charge is -2.41. The molecule has 0 amide bonds. The Labute approximate surface area is 265 Å². The van der Waals surface area contributed by atoms with Gasteiger partial charge in [0.25, 0.3) is 0 Å². The van der Waals surface area contributed by atoms with Gasteiger partial charge in [0.1, 0.15) is 0 Å². The van der Waals surface area contributed by atoms with Crippen LogP contribution in [0.25, 0.3) is 44.1 Å². The zero-order valence-corrected chi connectivity index (χ0v) is 25.4. The van der Waals surface area contributed by atoms with Gasteiger partial charge in [0.15, 0.2) is 23.1 Å². The highest BCUT2D eigenvalue weighted by Crippen LogP contribution is 2.46. The minimum atomic E-state index is 0.546. The number of fused-ring (bicyclic) bond motifs is 6. The molecule has 9 rings (SSSR count). The summed E-state index contributed by atoms with van der Waals surface area (Å²) < 4.78 is 18.5. The number of H-pyrrole nitrogens is 2. The van der Waals surface area contributed by atoms with E-state index in [2.05, 4.69) is 66.6 Å². The van der Waals surface area contributed by atoms with Crippen molar-refractivity contribution in [1.82, 2.24) is 35.3 Å². The Balaban J connectivity index is 0.977. The smallest absolute Gasteiger partial charge is 0.177 e. The molecule has 0 aliphatic carbocycles. The third kappa shape index (κ3) is 5.16. The molecule has 2 bridgehead atoms. The summed E-state index contributed by atoms with van der Waals surface area (Å²) in [5, 5.41) is 16.5. The summed E-state index contributed by atoms with van der Waals surface area (Å²) in [6.07, 6.45) is 8.76. The van der Waals surface area contributed by atoms with Crippen LogP contribution in [0.3, 0.4) is 0 Å². The molecule has 2 aromatic carbocycles. The van der Waals surface area contributed by atoms with Crippen molar-refractivity contribution in [3.8, 4) is 33.8 Å². The minimum Gasteiger partial charge on any atom is -0.450 e. The fourth-order valence-electron chi connectivity index (χ4n) is 7.12. The maximum Gasteiger partial charge on any atom is 0.177 e. The van der Waals surface area contributed by atoms with Gasteiger partial charge in [-0.2, -0.15) is 10.2 Å². The van der Waals surface area contributed by atoms with Crippen LogP contribution in [0.15, 0.2) is 73.3 Å². The summed E-state index contributed by atoms with van der Waals surface area (Å²) >= 11 is 0. The van der Waals surface area contributed by atoms with Crippen molar-refractivity contribution in [2.75, 3.05) is 57.5 Å². The standard InChI is InChI=1S/C35H34N8O3/c1-3-30-28(16-38-40-30)10-24(1)26-12-32-34(36-14-26)43(6-8-44-7-5-42-18-22-9-23(19-42)21-45-20-22)35-33(46-32)13-27(15-37-35)25-2-4-31-29(11-25)17-39-41-31/h1-4,10-17,22-23H,5-9,18-21H2,(H,38,40)(H,39,41). The molecule has 2 saturated heterocycles. The van der Waals surface area contributed by atoms with Crippen molar-refractivity contribution >= 4 is 33.4 Å². The minimum absolute atomic E-state index is 0.546. The Morgan fingerprint density at radius 2 is 1.28 bits per heavy atom. The lowest BCUT2D eigenvalue weighted by molar-refractivity contribution is -0.0455. The number of ether oxygens (including phenoxy) is 3. The molecule has 2 atom stereocenters. The largest absolute Gasteiger partial charge is 0.450 e. The number of anilines is 2. The Morgan fingerprint density at radius 3 is 1.89 bits per heavy atom. The van der Waals surface area contributed by atoms with Crippen LogP contribution in [-0.2, 0) is 9.47 Å². The first-order valence-electron chi connectivity index (χ1n) is 15.9. The average Bonchev–Trinajstić information content (AvgIpc) is 3.76. The number of likely N-dealkylation sites (tertiary alicyclic amines) is 1. The fourth-order valence-corrected chi connectivity index (χ4v) is 7.12. The third-order valence-corrected chi connectivity index (χ3v) is 9.36. The lowest BCUT2D eigenvalue weighted by atomic mass is 9.88. The molecule has 0 radical (unpaired) electrons. The molecular formula is C35H34N8O3. The SMILES string of the molecule is c1cc2[nH]ncc2cc1-c1cnc2c(c1)Oc1cc(-c3ccc4[nH]ncc4c3)cnc1N2CCOCCN1CC2COCC(C2)C1. The Morgan fingerprint density at radius 1 is 0.696 bits per heavy atom. The van der Waals surface area contributed by atoms with Gasteiger partial charge in [-0.3, -0.25) is 10.2 Å². The summed E-state index contributed by atoms with van der Waals surface area (Å²) in [5.74, 6) is 4.14. The fraction of sp³-hybridized carbons (Fsp3) is 0.314. The average molecular weight is 615 g/mol. The van der Waals surface area contributed by atoms with Crippen molar-refractivity contribution in [1.29, 1.82) is 0 Å². The van der Waals surface area contributed by atoms with Crippen LogP contribution in [0.5, 0.6) is 11.5 Å². The van der Waals surface area contributed by atoms with E-state index in [9.17, 15) is 0 Å². The molecule has 232 valence electrons. The van der Waals surface area contributed by atoms with Gasteiger partial charge < -0.3 is 24.0 Å². The van der Waals surface area contributed by atoms with Gasteiger partial charge in [0.2, 0.25) is 0 Å². The van der Waals surface area contributed by atoms with Crippen molar-refractivity contribution < 1.29 is 14.2 Å². The maximum atomic E-state index is 6.56. The molecule has 46 heavy (non-hydrogen) atoms. The summed E-state index contributed by atoms with van der Waals surface area (Å²) in [5.41, 5.74) is 6.01. The summed E-state index contributed by atoms with van der Waals surface area (Å²) in [7, 11) is 0. The molecule has 11 nitrogen and oxygen atoms in total. The molecule has 7 heterocycles. The van der Waals surface area contributed by atoms with Crippen molar-refractivity contribution in [3.05, 3.63) is 73.3 Å². The van der Waals surface area contributed by atoms with Crippen molar-refractivity contribution in [3.63, 3.8) is 0 Å². The van der Waals surface area contributed by atoms with Crippen LogP contribution < -0.4 is 9.64 Å². The van der Waals surface area contributed by atoms with Crippen LogP contribution in [0, 0.1) is 11.8 Å². The second kappa shape index (κ2) is 11.5. The van der Waals surface area contributed by atoms with Crippen LogP contribution in [0.4, 0.5) is 11.6 Å². The van der Waals surface area contributed by atoms with E-state index in [0.717, 1.165) is 88.5 Å². The van der Waals surface area contributed by atoms with E-state index in [0.29, 0.717) is 43.1 Å². The normalized spacial score (nSPS) is 19.3. The molecule has 0 saturated carbocycles. The van der Waals surface area contributed by atoms with Gasteiger partial charge in [0.05, 0.1) is 49.9 Å². The van der Waals surface area contributed by atoms with Crippen LogP contribution in [-0.4, -0.2) is 87.9 Å². The molecule has 2 N–H and O–H groups in total. The number of aromatic nitrogens is 6. The number of pyridine rings is 2. The Bertz CT molecular complexity index is 1900. The number of nitrogens with zero attached hydrogens (tertiary/aromatic N) is 6. The van der Waals surface area contributed by atoms with Gasteiger partial charge in [-0.1, -0.05) is 12.1 Å². The molecule has 6 aromatic rings. The second-order valence-corrected chi connectivity index (χ2v) is 12.6. The first kappa shape index (κ1) is 27.5. The molecule has 3 aliphatic rings. The van der Waals surface area contributed by atoms with E-state index >= 15 is 0 Å². The van der Waals surface area contributed by atoms with Gasteiger partial charge in [-0.15, -0.1) is 0 Å². The van der Waals surface area contributed by atoms with E-state index in [1.807, 2.05) is 36.9 Å². The second-order valence-electron chi connectivity index (χ2n) is 12.6. The van der Waals surface area contributed by atoms with E-state index in [1.54, 1.807) is 0 Å². The van der Waals surface area contributed by atoms with Gasteiger partial charge >= 0.3 is 0 Å². The van der Waals surface area contributed by atoms with E-state index in [4.69, 9.17) is 24.2 Å². The monoisotopic (exact) mass is 614 g/mol. The molecule has 2 fully saturated rings. The number of nitrogens with one attached hydrogen (secondary N) is 2. The first-order valence-corrected chi connectivity index (χ1v) is 15.9. The number of rotatable bonds is 8. The Hall–Kier alpha value is -4.84. The number of hydrogen-bond donors (Lipinski definition) is 2. The van der Waals surface area contributed by atoms with E-state index in [-0.39, 0.29) is 0 Å². The Kier molecular flexibility index (Phi) is 6.87.